The molecule has 1 saturated carbocycles. The van der Waals surface area contributed by atoms with E-state index in [4.69, 9.17) is 4.74 Å². The minimum atomic E-state index is -1.11. The quantitative estimate of drug-likeness (QED) is 0.207. The monoisotopic (exact) mass is 470 g/mol. The molecular formula is C23H48Cl2N2O3. The molecule has 0 heterocycles. The van der Waals surface area contributed by atoms with E-state index in [0.717, 1.165) is 96.8 Å². The predicted molar refractivity (Wildman–Crippen MR) is 131 cm³/mol. The second-order valence-electron chi connectivity index (χ2n) is 8.41. The number of hydrogen-bond donors (Lipinski definition) is 1. The van der Waals surface area contributed by atoms with E-state index in [1.54, 1.807) is 0 Å². The van der Waals surface area contributed by atoms with E-state index in [-0.39, 0.29) is 30.9 Å². The Hall–Kier alpha value is -0.230. The SMILES string of the molecule is CCCCN(CCCC)C1CCCCC1(OC(=O)O)N(CCCC)CCCC.Cl.Cl. The van der Waals surface area contributed by atoms with Crippen LogP contribution in [-0.4, -0.2) is 59.0 Å². The van der Waals surface area contributed by atoms with Crippen LogP contribution in [0.1, 0.15) is 105 Å². The average Bonchev–Trinajstić information content (AvgIpc) is 2.68. The third-order valence-electron chi connectivity index (χ3n) is 6.18. The highest BCUT2D eigenvalue weighted by molar-refractivity contribution is 5.85. The Labute approximate surface area is 198 Å². The Morgan fingerprint density at radius 3 is 1.77 bits per heavy atom. The van der Waals surface area contributed by atoms with Crippen LogP contribution >= 0.6 is 24.8 Å². The first kappa shape index (κ1) is 32.0. The molecule has 1 aliphatic rings. The van der Waals surface area contributed by atoms with Crippen molar-refractivity contribution in [3.8, 4) is 0 Å². The summed E-state index contributed by atoms with van der Waals surface area (Å²) in [5.74, 6) is 0. The fourth-order valence-electron chi connectivity index (χ4n) is 4.61. The van der Waals surface area contributed by atoms with Crippen molar-refractivity contribution in [1.82, 2.24) is 9.80 Å². The topological polar surface area (TPSA) is 53.0 Å². The molecule has 0 saturated heterocycles. The Kier molecular flexibility index (Phi) is 19.5. The first-order chi connectivity index (χ1) is 13.6. The van der Waals surface area contributed by atoms with Gasteiger partial charge in [0.2, 0.25) is 0 Å². The van der Waals surface area contributed by atoms with E-state index < -0.39 is 11.9 Å². The van der Waals surface area contributed by atoms with Crippen molar-refractivity contribution in [2.45, 2.75) is 117 Å². The smallest absolute Gasteiger partial charge is 0.450 e. The lowest BCUT2D eigenvalue weighted by molar-refractivity contribution is -0.189. The molecule has 0 radical (unpaired) electrons. The largest absolute Gasteiger partial charge is 0.507 e. The van der Waals surface area contributed by atoms with Gasteiger partial charge in [-0.2, -0.15) is 0 Å². The minimum absolute atomic E-state index is 0. The van der Waals surface area contributed by atoms with E-state index in [0.29, 0.717) is 0 Å². The molecule has 0 amide bonds. The maximum absolute atomic E-state index is 11.9. The van der Waals surface area contributed by atoms with Crippen molar-refractivity contribution in [3.63, 3.8) is 0 Å². The van der Waals surface area contributed by atoms with Gasteiger partial charge in [-0.3, -0.25) is 9.80 Å². The normalized spacial score (nSPS) is 21.2. The number of carboxylic acid groups (broad SMARTS) is 1. The molecule has 30 heavy (non-hydrogen) atoms. The number of ether oxygens (including phenoxy) is 1. The van der Waals surface area contributed by atoms with Gasteiger partial charge in [0.15, 0.2) is 5.72 Å². The molecule has 5 nitrogen and oxygen atoms in total. The zero-order valence-electron chi connectivity index (χ0n) is 19.9. The van der Waals surface area contributed by atoms with Crippen molar-refractivity contribution in [3.05, 3.63) is 0 Å². The van der Waals surface area contributed by atoms with Crippen LogP contribution < -0.4 is 0 Å². The van der Waals surface area contributed by atoms with Crippen LogP contribution in [0.3, 0.4) is 0 Å². The lowest BCUT2D eigenvalue weighted by Gasteiger charge is -2.53. The maximum Gasteiger partial charge on any atom is 0.507 e. The molecule has 0 aromatic heterocycles. The molecular weight excluding hydrogens is 423 g/mol. The van der Waals surface area contributed by atoms with E-state index in [1.165, 1.54) is 6.42 Å². The van der Waals surface area contributed by atoms with Crippen molar-refractivity contribution in [2.75, 3.05) is 26.2 Å². The van der Waals surface area contributed by atoms with Gasteiger partial charge in [-0.1, -0.05) is 59.8 Å². The molecule has 0 bridgehead atoms. The highest BCUT2D eigenvalue weighted by Crippen LogP contribution is 2.39. The third-order valence-corrected chi connectivity index (χ3v) is 6.18. The molecule has 1 N–H and O–H groups in total. The highest BCUT2D eigenvalue weighted by atomic mass is 35.5. The van der Waals surface area contributed by atoms with Gasteiger partial charge < -0.3 is 9.84 Å². The second-order valence-corrected chi connectivity index (χ2v) is 8.41. The van der Waals surface area contributed by atoms with Crippen LogP contribution in [0.2, 0.25) is 0 Å². The van der Waals surface area contributed by atoms with Gasteiger partial charge in [0.05, 0.1) is 6.04 Å². The molecule has 0 spiro atoms. The zero-order valence-corrected chi connectivity index (χ0v) is 21.5. The summed E-state index contributed by atoms with van der Waals surface area (Å²) in [6.45, 7) is 12.8. The van der Waals surface area contributed by atoms with E-state index in [9.17, 15) is 9.90 Å². The van der Waals surface area contributed by atoms with Crippen LogP contribution in [0.5, 0.6) is 0 Å². The van der Waals surface area contributed by atoms with Gasteiger partial charge in [-0.05, 0) is 51.6 Å². The summed E-state index contributed by atoms with van der Waals surface area (Å²) in [6.07, 6.45) is 12.0. The predicted octanol–water partition coefficient (Wildman–Crippen LogP) is 6.97. The Balaban J connectivity index is 0. The Morgan fingerprint density at radius 1 is 0.867 bits per heavy atom. The summed E-state index contributed by atoms with van der Waals surface area (Å²) in [7, 11) is 0. The van der Waals surface area contributed by atoms with Crippen molar-refractivity contribution in [2.24, 2.45) is 0 Å². The third kappa shape index (κ3) is 9.93. The Morgan fingerprint density at radius 2 is 1.33 bits per heavy atom. The van der Waals surface area contributed by atoms with Crippen molar-refractivity contribution < 1.29 is 14.6 Å². The summed E-state index contributed by atoms with van der Waals surface area (Å²) in [6, 6.07) is 0.171. The Bertz CT molecular complexity index is 413. The molecule has 2 unspecified atom stereocenters. The molecule has 1 aliphatic carbocycles. The van der Waals surface area contributed by atoms with Gasteiger partial charge in [-0.15, -0.1) is 24.8 Å². The summed E-state index contributed by atoms with van der Waals surface area (Å²) in [5, 5.41) is 9.71. The number of unbranched alkanes of at least 4 members (excludes halogenated alkanes) is 4. The van der Waals surface area contributed by atoms with Crippen LogP contribution in [0.4, 0.5) is 4.79 Å². The molecule has 182 valence electrons. The van der Waals surface area contributed by atoms with Gasteiger partial charge in [0.25, 0.3) is 0 Å². The highest BCUT2D eigenvalue weighted by Gasteiger charge is 2.50. The first-order valence-electron chi connectivity index (χ1n) is 12.0. The first-order valence-corrected chi connectivity index (χ1v) is 12.0. The van der Waals surface area contributed by atoms with Crippen LogP contribution in [-0.2, 0) is 4.74 Å². The summed E-state index contributed by atoms with van der Waals surface area (Å²) < 4.78 is 5.89. The van der Waals surface area contributed by atoms with Crippen LogP contribution in [0, 0.1) is 0 Å². The van der Waals surface area contributed by atoms with Gasteiger partial charge in [0.1, 0.15) is 0 Å². The molecule has 1 rings (SSSR count). The second kappa shape index (κ2) is 18.4. The molecule has 0 aliphatic heterocycles. The van der Waals surface area contributed by atoms with Crippen molar-refractivity contribution in [1.29, 1.82) is 0 Å². The number of rotatable bonds is 15. The van der Waals surface area contributed by atoms with Crippen LogP contribution in [0.25, 0.3) is 0 Å². The lowest BCUT2D eigenvalue weighted by atomic mass is 9.83. The number of carbonyl (C=O) groups is 1. The standard InChI is InChI=1S/C23H46N2O3.2ClH/c1-5-9-17-24(18-10-6-2)21-15-13-14-16-23(21,28-22(26)27)25(19-11-7-3)20-12-8-4;;/h21H,5-20H2,1-4H3,(H,26,27);2*1H. The number of nitrogens with zero attached hydrogens (tertiary/aromatic N) is 2. The lowest BCUT2D eigenvalue weighted by Crippen LogP contribution is -2.66. The summed E-state index contributed by atoms with van der Waals surface area (Å²) in [4.78, 5) is 16.8. The molecule has 2 atom stereocenters. The molecule has 7 heteroatoms. The summed E-state index contributed by atoms with van der Waals surface area (Å²) in [5.41, 5.74) is -0.685. The fraction of sp³-hybridized carbons (Fsp3) is 0.957. The molecule has 0 aromatic carbocycles. The van der Waals surface area contributed by atoms with E-state index >= 15 is 0 Å². The zero-order chi connectivity index (χ0) is 20.8. The summed E-state index contributed by atoms with van der Waals surface area (Å²) >= 11 is 0. The van der Waals surface area contributed by atoms with E-state index in [2.05, 4.69) is 37.5 Å². The van der Waals surface area contributed by atoms with Crippen LogP contribution in [0.15, 0.2) is 0 Å². The number of halogens is 2. The van der Waals surface area contributed by atoms with Gasteiger partial charge in [-0.25, -0.2) is 4.79 Å². The van der Waals surface area contributed by atoms with Crippen molar-refractivity contribution >= 4 is 31.0 Å². The maximum atomic E-state index is 11.9. The minimum Gasteiger partial charge on any atom is -0.450 e. The van der Waals surface area contributed by atoms with E-state index in [1.807, 2.05) is 0 Å². The number of hydrogen-bond acceptors (Lipinski definition) is 4. The van der Waals surface area contributed by atoms with Gasteiger partial charge in [0, 0.05) is 19.5 Å². The molecule has 1 fully saturated rings. The fourth-order valence-corrected chi connectivity index (χ4v) is 4.61. The average molecular weight is 472 g/mol. The van der Waals surface area contributed by atoms with Gasteiger partial charge >= 0.3 is 6.16 Å². The molecule has 0 aromatic rings.